The Labute approximate surface area is 199 Å². The van der Waals surface area contributed by atoms with Crippen LogP contribution in [0.2, 0.25) is 0 Å². The topological polar surface area (TPSA) is 61.9 Å². The van der Waals surface area contributed by atoms with Crippen molar-refractivity contribution in [3.63, 3.8) is 0 Å². The average Bonchev–Trinajstić information content (AvgIpc) is 3.36. The lowest BCUT2D eigenvalue weighted by Crippen LogP contribution is -2.51. The van der Waals surface area contributed by atoms with Gasteiger partial charge in [-0.05, 0) is 54.1 Å². The van der Waals surface area contributed by atoms with Gasteiger partial charge < -0.3 is 15.0 Å². The molecule has 0 aromatic heterocycles. The molecular formula is C25H21F2N3O3S. The molecule has 1 atom stereocenters. The summed E-state index contributed by atoms with van der Waals surface area (Å²) < 4.78 is 32.9. The maximum atomic E-state index is 14.0. The van der Waals surface area contributed by atoms with E-state index in [0.29, 0.717) is 40.5 Å². The van der Waals surface area contributed by atoms with Gasteiger partial charge in [-0.25, -0.2) is 13.6 Å². The molecule has 1 spiro atoms. The number of anilines is 2. The molecule has 5 rings (SSSR count). The van der Waals surface area contributed by atoms with Crippen molar-refractivity contribution in [3.05, 3.63) is 89.5 Å². The molecule has 0 saturated carbocycles. The smallest absolute Gasteiger partial charge is 0.323 e. The van der Waals surface area contributed by atoms with Crippen LogP contribution in [0.25, 0.3) is 0 Å². The van der Waals surface area contributed by atoms with Gasteiger partial charge in [0.1, 0.15) is 17.4 Å². The first-order chi connectivity index (χ1) is 16.4. The monoisotopic (exact) mass is 481 g/mol. The highest BCUT2D eigenvalue weighted by Crippen LogP contribution is 2.55. The van der Waals surface area contributed by atoms with Crippen LogP contribution in [0.15, 0.2) is 66.7 Å². The van der Waals surface area contributed by atoms with Gasteiger partial charge >= 0.3 is 6.03 Å². The second-order valence-corrected chi connectivity index (χ2v) is 9.28. The highest BCUT2D eigenvalue weighted by molar-refractivity contribution is 8.01. The van der Waals surface area contributed by atoms with Crippen molar-refractivity contribution in [3.8, 4) is 5.75 Å². The zero-order chi connectivity index (χ0) is 23.9. The molecular weight excluding hydrogens is 460 g/mol. The number of nitrogens with zero attached hydrogens (tertiary/aromatic N) is 2. The number of ether oxygens (including phenoxy) is 1. The Bertz CT molecular complexity index is 1290. The summed E-state index contributed by atoms with van der Waals surface area (Å²) in [7, 11) is 1.53. The first kappa shape index (κ1) is 22.2. The molecule has 1 fully saturated rings. The third-order valence-corrected chi connectivity index (χ3v) is 7.37. The third kappa shape index (κ3) is 3.66. The van der Waals surface area contributed by atoms with E-state index in [-0.39, 0.29) is 18.3 Å². The lowest BCUT2D eigenvalue weighted by Gasteiger charge is -2.33. The van der Waals surface area contributed by atoms with Crippen molar-refractivity contribution >= 4 is 35.1 Å². The Morgan fingerprint density at radius 1 is 1.09 bits per heavy atom. The zero-order valence-electron chi connectivity index (χ0n) is 18.3. The van der Waals surface area contributed by atoms with E-state index in [1.54, 1.807) is 41.3 Å². The van der Waals surface area contributed by atoms with Crippen molar-refractivity contribution in [1.29, 1.82) is 0 Å². The first-order valence-electron chi connectivity index (χ1n) is 10.7. The van der Waals surface area contributed by atoms with Crippen LogP contribution >= 0.6 is 11.8 Å². The molecule has 1 saturated heterocycles. The fourth-order valence-electron chi connectivity index (χ4n) is 4.45. The standard InChI is InChI=1S/C25H21F2N3O3S/c1-33-20-8-9-22-21(14-20)25(23(31)29(22)15-16-4-2-5-17(26)12-16)30(10-11-34-25)24(32)28-19-7-3-6-18(27)13-19/h2-9,12-14H,10-11,15H2,1H3,(H,28,32)/t25-/m1/s1. The van der Waals surface area contributed by atoms with Crippen LogP contribution in [0.4, 0.5) is 25.0 Å². The summed E-state index contributed by atoms with van der Waals surface area (Å²) in [4.78, 5) is 29.1. The number of methoxy groups -OCH3 is 1. The molecule has 34 heavy (non-hydrogen) atoms. The predicted octanol–water partition coefficient (Wildman–Crippen LogP) is 4.95. The number of hydrogen-bond acceptors (Lipinski definition) is 4. The highest BCUT2D eigenvalue weighted by Gasteiger charge is 2.59. The van der Waals surface area contributed by atoms with Gasteiger partial charge in [0.2, 0.25) is 0 Å². The van der Waals surface area contributed by atoms with Crippen LogP contribution < -0.4 is 15.0 Å². The van der Waals surface area contributed by atoms with Crippen LogP contribution in [0.3, 0.4) is 0 Å². The van der Waals surface area contributed by atoms with Crippen molar-refractivity contribution in [2.75, 3.05) is 29.6 Å². The summed E-state index contributed by atoms with van der Waals surface area (Å²) in [5.74, 6) is -0.0718. The van der Waals surface area contributed by atoms with Gasteiger partial charge in [0.25, 0.3) is 5.91 Å². The minimum absolute atomic E-state index is 0.150. The summed E-state index contributed by atoms with van der Waals surface area (Å²) in [6.45, 7) is 0.472. The van der Waals surface area contributed by atoms with Crippen LogP contribution in [0.5, 0.6) is 5.75 Å². The van der Waals surface area contributed by atoms with Crippen molar-refractivity contribution < 1.29 is 23.1 Å². The molecule has 0 unspecified atom stereocenters. The number of benzene rings is 3. The third-order valence-electron chi connectivity index (χ3n) is 5.95. The lowest BCUT2D eigenvalue weighted by atomic mass is 10.1. The molecule has 2 heterocycles. The maximum absolute atomic E-state index is 14.0. The van der Waals surface area contributed by atoms with Crippen LogP contribution in [-0.2, 0) is 16.2 Å². The molecule has 0 bridgehead atoms. The number of carbonyl (C=O) groups is 2. The number of hydrogen-bond donors (Lipinski definition) is 1. The molecule has 174 valence electrons. The van der Waals surface area contributed by atoms with Gasteiger partial charge in [0, 0.05) is 23.5 Å². The van der Waals surface area contributed by atoms with Gasteiger partial charge in [-0.3, -0.25) is 9.69 Å². The van der Waals surface area contributed by atoms with E-state index in [1.165, 1.54) is 54.1 Å². The minimum Gasteiger partial charge on any atom is -0.497 e. The van der Waals surface area contributed by atoms with Crippen molar-refractivity contribution in [2.45, 2.75) is 11.4 Å². The number of nitrogens with one attached hydrogen (secondary N) is 1. The number of fused-ring (bicyclic) bond motifs is 2. The number of carbonyl (C=O) groups excluding carboxylic acids is 2. The number of halogens is 2. The number of rotatable bonds is 4. The molecule has 6 nitrogen and oxygen atoms in total. The predicted molar refractivity (Wildman–Crippen MR) is 127 cm³/mol. The van der Waals surface area contributed by atoms with Gasteiger partial charge in [-0.15, -0.1) is 11.8 Å². The average molecular weight is 482 g/mol. The van der Waals surface area contributed by atoms with Gasteiger partial charge in [-0.1, -0.05) is 18.2 Å². The van der Waals surface area contributed by atoms with E-state index in [9.17, 15) is 18.4 Å². The second kappa shape index (κ2) is 8.64. The van der Waals surface area contributed by atoms with Crippen molar-refractivity contribution in [1.82, 2.24) is 4.90 Å². The summed E-state index contributed by atoms with van der Waals surface area (Å²) in [6.07, 6.45) is 0. The van der Waals surface area contributed by atoms with Crippen LogP contribution in [0, 0.1) is 11.6 Å². The SMILES string of the molecule is COc1ccc2c(c1)[C@@]1(SCCN1C(=O)Nc1cccc(F)c1)C(=O)N2Cc1cccc(F)c1. The maximum Gasteiger partial charge on any atom is 0.323 e. The van der Waals surface area contributed by atoms with E-state index in [0.717, 1.165) is 0 Å². The van der Waals surface area contributed by atoms with E-state index < -0.39 is 16.7 Å². The van der Waals surface area contributed by atoms with E-state index in [4.69, 9.17) is 4.74 Å². The van der Waals surface area contributed by atoms with E-state index >= 15 is 0 Å². The number of amides is 3. The molecule has 0 radical (unpaired) electrons. The Kier molecular flexibility index (Phi) is 5.65. The Morgan fingerprint density at radius 2 is 1.85 bits per heavy atom. The summed E-state index contributed by atoms with van der Waals surface area (Å²) in [6, 6.07) is 16.5. The zero-order valence-corrected chi connectivity index (χ0v) is 19.1. The van der Waals surface area contributed by atoms with Crippen molar-refractivity contribution in [2.24, 2.45) is 0 Å². The molecule has 3 aromatic rings. The Morgan fingerprint density at radius 3 is 2.59 bits per heavy atom. The van der Waals surface area contributed by atoms with Gasteiger partial charge in [0.05, 0.1) is 19.3 Å². The highest BCUT2D eigenvalue weighted by atomic mass is 32.2. The fraction of sp³-hybridized carbons (Fsp3) is 0.200. The van der Waals surface area contributed by atoms with Crippen LogP contribution in [-0.4, -0.2) is 36.2 Å². The fourth-order valence-corrected chi connectivity index (χ4v) is 5.91. The number of urea groups is 1. The molecule has 3 amide bonds. The normalized spacial score (nSPS) is 19.0. The minimum atomic E-state index is -1.31. The summed E-state index contributed by atoms with van der Waals surface area (Å²) in [5, 5.41) is 2.71. The quantitative estimate of drug-likeness (QED) is 0.573. The van der Waals surface area contributed by atoms with Gasteiger partial charge in [0.15, 0.2) is 4.87 Å². The van der Waals surface area contributed by atoms with E-state index in [1.807, 2.05) is 0 Å². The Balaban J connectivity index is 1.55. The molecule has 2 aliphatic heterocycles. The molecule has 0 aliphatic carbocycles. The van der Waals surface area contributed by atoms with Gasteiger partial charge in [-0.2, -0.15) is 0 Å². The molecule has 3 aromatic carbocycles. The Hall–Kier alpha value is -3.59. The lowest BCUT2D eigenvalue weighted by molar-refractivity contribution is -0.123. The number of thioether (sulfide) groups is 1. The first-order valence-corrected chi connectivity index (χ1v) is 11.6. The molecule has 2 aliphatic rings. The van der Waals surface area contributed by atoms with Crippen LogP contribution in [0.1, 0.15) is 11.1 Å². The molecule has 9 heteroatoms. The molecule has 1 N–H and O–H groups in total. The summed E-state index contributed by atoms with van der Waals surface area (Å²) >= 11 is 1.36. The van der Waals surface area contributed by atoms with E-state index in [2.05, 4.69) is 5.32 Å². The second-order valence-electron chi connectivity index (χ2n) is 7.99. The summed E-state index contributed by atoms with van der Waals surface area (Å²) in [5.41, 5.74) is 2.19. The largest absolute Gasteiger partial charge is 0.497 e.